The Morgan fingerprint density at radius 1 is 1.22 bits per heavy atom. The molecule has 0 atom stereocenters. The third kappa shape index (κ3) is 4.48. The summed E-state index contributed by atoms with van der Waals surface area (Å²) in [5.74, 6) is -0.275. The molecule has 1 N–H and O–H groups in total. The number of hydrogen-bond donors (Lipinski definition) is 1. The molecule has 4 nitrogen and oxygen atoms in total. The molecule has 142 valence electrons. The summed E-state index contributed by atoms with van der Waals surface area (Å²) in [6.45, 7) is 4.23. The predicted octanol–water partition coefficient (Wildman–Crippen LogP) is 5.23. The average Bonchev–Trinajstić information content (AvgIpc) is 2.63. The summed E-state index contributed by atoms with van der Waals surface area (Å²) < 4.78 is 13.6. The van der Waals surface area contributed by atoms with Crippen LogP contribution in [0.5, 0.6) is 0 Å². The summed E-state index contributed by atoms with van der Waals surface area (Å²) in [4.78, 5) is 26.1. The lowest BCUT2D eigenvalue weighted by molar-refractivity contribution is -0.121. The molecular formula is C21H22ClFN2O2. The molecule has 1 heterocycles. The Hall–Kier alpha value is -2.40. The Morgan fingerprint density at radius 3 is 2.70 bits per heavy atom. The van der Waals surface area contributed by atoms with E-state index in [1.54, 1.807) is 24.3 Å². The number of carbonyl (C=O) groups excluding carboxylic acids is 2. The van der Waals surface area contributed by atoms with Gasteiger partial charge in [-0.1, -0.05) is 37.6 Å². The van der Waals surface area contributed by atoms with Gasteiger partial charge in [0.25, 0.3) is 0 Å². The minimum atomic E-state index is -0.370. The van der Waals surface area contributed by atoms with E-state index in [0.29, 0.717) is 29.4 Å². The summed E-state index contributed by atoms with van der Waals surface area (Å²) in [5.41, 5.74) is 2.81. The van der Waals surface area contributed by atoms with Crippen molar-refractivity contribution in [1.82, 2.24) is 0 Å². The molecule has 0 aliphatic carbocycles. The molecule has 0 fully saturated rings. The number of urea groups is 1. The number of Topliss-reactive ketones (excluding diaryl/α,β-unsaturated/α-hetero) is 1. The van der Waals surface area contributed by atoms with Crippen LogP contribution in [-0.4, -0.2) is 18.4 Å². The van der Waals surface area contributed by atoms with Crippen molar-refractivity contribution in [2.24, 2.45) is 5.92 Å². The summed E-state index contributed by atoms with van der Waals surface area (Å²) in [6, 6.07) is 9.34. The minimum Gasteiger partial charge on any atom is -0.306 e. The number of nitrogens with zero attached hydrogens (tertiary/aromatic N) is 1. The predicted molar refractivity (Wildman–Crippen MR) is 106 cm³/mol. The normalized spacial score (nSPS) is 13.4. The van der Waals surface area contributed by atoms with Gasteiger partial charge in [0.1, 0.15) is 11.6 Å². The quantitative estimate of drug-likeness (QED) is 0.779. The van der Waals surface area contributed by atoms with Gasteiger partial charge in [-0.25, -0.2) is 9.18 Å². The number of hydrogen-bond acceptors (Lipinski definition) is 2. The van der Waals surface area contributed by atoms with Crippen LogP contribution in [-0.2, 0) is 17.6 Å². The van der Waals surface area contributed by atoms with E-state index in [1.807, 2.05) is 13.8 Å². The Kier molecular flexibility index (Phi) is 5.80. The first kappa shape index (κ1) is 19.4. The van der Waals surface area contributed by atoms with Crippen molar-refractivity contribution in [3.8, 4) is 0 Å². The maximum atomic E-state index is 13.6. The molecule has 2 aromatic rings. The molecule has 27 heavy (non-hydrogen) atoms. The molecule has 0 radical (unpaired) electrons. The monoisotopic (exact) mass is 388 g/mol. The first-order valence-electron chi connectivity index (χ1n) is 9.03. The van der Waals surface area contributed by atoms with Crippen molar-refractivity contribution in [3.05, 3.63) is 58.4 Å². The van der Waals surface area contributed by atoms with Crippen LogP contribution in [0, 0.1) is 11.7 Å². The van der Waals surface area contributed by atoms with Crippen molar-refractivity contribution in [2.45, 2.75) is 33.1 Å². The van der Waals surface area contributed by atoms with E-state index in [4.69, 9.17) is 11.6 Å². The molecule has 0 saturated heterocycles. The van der Waals surface area contributed by atoms with Crippen LogP contribution >= 0.6 is 11.6 Å². The van der Waals surface area contributed by atoms with Gasteiger partial charge >= 0.3 is 6.03 Å². The summed E-state index contributed by atoms with van der Waals surface area (Å²) >= 11 is 6.30. The lowest BCUT2D eigenvalue weighted by Gasteiger charge is -2.29. The van der Waals surface area contributed by atoms with Crippen molar-refractivity contribution in [2.75, 3.05) is 16.8 Å². The molecule has 1 aliphatic rings. The molecule has 6 heteroatoms. The van der Waals surface area contributed by atoms with Crippen LogP contribution in [0.4, 0.5) is 20.6 Å². The fourth-order valence-electron chi connectivity index (χ4n) is 3.12. The number of nitrogens with one attached hydrogen (secondary N) is 1. The van der Waals surface area contributed by atoms with E-state index in [-0.39, 0.29) is 23.5 Å². The molecule has 0 spiro atoms. The number of fused-ring (bicyclic) bond motifs is 1. The molecule has 0 bridgehead atoms. The molecule has 0 saturated carbocycles. The van der Waals surface area contributed by atoms with Crippen LogP contribution in [0.25, 0.3) is 0 Å². The SMILES string of the molecule is CC(C)C(=O)Cc1ccc(NC(=O)N2CCCc3ccc(F)cc32)c(Cl)c1. The Bertz CT molecular complexity index is 882. The first-order valence-corrected chi connectivity index (χ1v) is 9.41. The average molecular weight is 389 g/mol. The maximum Gasteiger partial charge on any atom is 0.326 e. The van der Waals surface area contributed by atoms with Gasteiger partial charge < -0.3 is 5.32 Å². The number of carbonyl (C=O) groups is 2. The first-order chi connectivity index (χ1) is 12.8. The topological polar surface area (TPSA) is 49.4 Å². The van der Waals surface area contributed by atoms with Gasteiger partial charge in [-0.15, -0.1) is 0 Å². The number of amides is 2. The molecule has 3 rings (SSSR count). The molecule has 2 amide bonds. The number of halogens is 2. The lowest BCUT2D eigenvalue weighted by atomic mass is 10.0. The van der Waals surface area contributed by atoms with Gasteiger partial charge in [-0.3, -0.25) is 9.69 Å². The summed E-state index contributed by atoms with van der Waals surface area (Å²) in [7, 11) is 0. The second-order valence-electron chi connectivity index (χ2n) is 7.07. The molecule has 1 aliphatic heterocycles. The number of benzene rings is 2. The van der Waals surface area contributed by atoms with E-state index in [2.05, 4.69) is 5.32 Å². The zero-order chi connectivity index (χ0) is 19.6. The van der Waals surface area contributed by atoms with E-state index in [1.165, 1.54) is 17.0 Å². The van der Waals surface area contributed by atoms with Crippen LogP contribution < -0.4 is 10.2 Å². The number of aryl methyl sites for hydroxylation is 1. The molecule has 0 aromatic heterocycles. The fraction of sp³-hybridized carbons (Fsp3) is 0.333. The zero-order valence-electron chi connectivity index (χ0n) is 15.4. The van der Waals surface area contributed by atoms with E-state index in [9.17, 15) is 14.0 Å². The molecule has 0 unspecified atom stereocenters. The van der Waals surface area contributed by atoms with Crippen LogP contribution in [0.1, 0.15) is 31.4 Å². The fourth-order valence-corrected chi connectivity index (χ4v) is 3.37. The Morgan fingerprint density at radius 2 is 2.00 bits per heavy atom. The van der Waals surface area contributed by atoms with Crippen molar-refractivity contribution in [3.63, 3.8) is 0 Å². The Balaban J connectivity index is 1.75. The van der Waals surface area contributed by atoms with Gasteiger partial charge in [0.2, 0.25) is 0 Å². The van der Waals surface area contributed by atoms with Crippen molar-refractivity contribution < 1.29 is 14.0 Å². The highest BCUT2D eigenvalue weighted by atomic mass is 35.5. The number of anilines is 2. The van der Waals surface area contributed by atoms with Crippen LogP contribution in [0.2, 0.25) is 5.02 Å². The minimum absolute atomic E-state index is 0.0391. The van der Waals surface area contributed by atoms with E-state index < -0.39 is 0 Å². The third-order valence-electron chi connectivity index (χ3n) is 4.71. The largest absolute Gasteiger partial charge is 0.326 e. The van der Waals surface area contributed by atoms with Gasteiger partial charge in [-0.05, 0) is 48.2 Å². The standard InChI is InChI=1S/C21H22ClFN2O2/c1-13(2)20(26)11-14-5-8-18(17(22)10-14)24-21(27)25-9-3-4-15-6-7-16(23)12-19(15)25/h5-8,10,12-13H,3-4,9,11H2,1-2H3,(H,24,27). The number of ketones is 1. The van der Waals surface area contributed by atoms with Crippen molar-refractivity contribution in [1.29, 1.82) is 0 Å². The summed E-state index contributed by atoms with van der Waals surface area (Å²) in [5, 5.41) is 3.16. The van der Waals surface area contributed by atoms with Gasteiger partial charge in [-0.2, -0.15) is 0 Å². The van der Waals surface area contributed by atoms with Crippen LogP contribution in [0.3, 0.4) is 0 Å². The lowest BCUT2D eigenvalue weighted by Crippen LogP contribution is -2.38. The second kappa shape index (κ2) is 8.09. The Labute approximate surface area is 163 Å². The zero-order valence-corrected chi connectivity index (χ0v) is 16.1. The smallest absolute Gasteiger partial charge is 0.306 e. The van der Waals surface area contributed by atoms with Crippen LogP contribution in [0.15, 0.2) is 36.4 Å². The van der Waals surface area contributed by atoms with E-state index >= 15 is 0 Å². The maximum absolute atomic E-state index is 13.6. The number of rotatable bonds is 4. The highest BCUT2D eigenvalue weighted by molar-refractivity contribution is 6.34. The molecule has 2 aromatic carbocycles. The molecular weight excluding hydrogens is 367 g/mol. The summed E-state index contributed by atoms with van der Waals surface area (Å²) in [6.07, 6.45) is 1.94. The second-order valence-corrected chi connectivity index (χ2v) is 7.48. The van der Waals surface area contributed by atoms with E-state index in [0.717, 1.165) is 24.0 Å². The highest BCUT2D eigenvalue weighted by Crippen LogP contribution is 2.30. The van der Waals surface area contributed by atoms with Gasteiger partial charge in [0.05, 0.1) is 16.4 Å². The highest BCUT2D eigenvalue weighted by Gasteiger charge is 2.23. The van der Waals surface area contributed by atoms with Crippen molar-refractivity contribution >= 4 is 34.8 Å². The third-order valence-corrected chi connectivity index (χ3v) is 5.02. The van der Waals surface area contributed by atoms with Gasteiger partial charge in [0, 0.05) is 18.9 Å². The van der Waals surface area contributed by atoms with Gasteiger partial charge in [0.15, 0.2) is 0 Å².